The minimum Gasteiger partial charge on any atom is -0.353 e. The summed E-state index contributed by atoms with van der Waals surface area (Å²) in [4.78, 5) is 11.9. The van der Waals surface area contributed by atoms with E-state index in [1.54, 1.807) is 0 Å². The summed E-state index contributed by atoms with van der Waals surface area (Å²) in [6.07, 6.45) is 2.03. The molecule has 1 amide bonds. The Bertz CT molecular complexity index is 275. The fraction of sp³-hybridized carbons (Fsp3) is 0.917. The van der Waals surface area contributed by atoms with E-state index in [0.717, 1.165) is 25.9 Å². The lowest BCUT2D eigenvalue weighted by Crippen LogP contribution is -2.43. The molecule has 2 rings (SSSR count). The maximum Gasteiger partial charge on any atom is 0.224 e. The third-order valence-electron chi connectivity index (χ3n) is 3.24. The van der Waals surface area contributed by atoms with Crippen molar-refractivity contribution in [1.29, 1.82) is 0 Å². The first-order chi connectivity index (χ1) is 8.07. The number of nitrogens with one attached hydrogen (secondary N) is 2. The van der Waals surface area contributed by atoms with E-state index in [2.05, 4.69) is 10.6 Å². The zero-order valence-corrected chi connectivity index (χ0v) is 10.6. The number of carbonyl (C=O) groups is 1. The molecule has 5 nitrogen and oxygen atoms in total. The first-order valence-corrected chi connectivity index (χ1v) is 6.37. The van der Waals surface area contributed by atoms with Gasteiger partial charge in [-0.05, 0) is 33.2 Å². The second-order valence-corrected chi connectivity index (χ2v) is 5.24. The minimum absolute atomic E-state index is 0.0227. The second-order valence-electron chi connectivity index (χ2n) is 5.24. The fourth-order valence-electron chi connectivity index (χ4n) is 2.30. The van der Waals surface area contributed by atoms with Crippen LogP contribution in [0.1, 0.15) is 26.7 Å². The highest BCUT2D eigenvalue weighted by molar-refractivity contribution is 5.78. The van der Waals surface area contributed by atoms with Crippen molar-refractivity contribution >= 4 is 5.91 Å². The lowest BCUT2D eigenvalue weighted by atomic mass is 9.99. The molecule has 2 heterocycles. The predicted molar refractivity (Wildman–Crippen MR) is 63.5 cm³/mol. The van der Waals surface area contributed by atoms with Gasteiger partial charge in [0.2, 0.25) is 5.91 Å². The molecule has 2 saturated heterocycles. The number of piperidine rings is 1. The molecule has 1 unspecified atom stereocenters. The van der Waals surface area contributed by atoms with Crippen molar-refractivity contribution in [3.63, 3.8) is 0 Å². The molecule has 2 N–H and O–H groups in total. The van der Waals surface area contributed by atoms with E-state index < -0.39 is 5.79 Å². The Labute approximate surface area is 102 Å². The number of carbonyl (C=O) groups excluding carboxylic acids is 1. The van der Waals surface area contributed by atoms with Gasteiger partial charge in [-0.25, -0.2) is 0 Å². The molecule has 0 spiro atoms. The van der Waals surface area contributed by atoms with Gasteiger partial charge in [0.15, 0.2) is 5.79 Å². The normalized spacial score (nSPS) is 32.4. The smallest absolute Gasteiger partial charge is 0.224 e. The topological polar surface area (TPSA) is 59.6 Å². The van der Waals surface area contributed by atoms with Crippen LogP contribution in [-0.4, -0.2) is 44.0 Å². The van der Waals surface area contributed by atoms with Crippen LogP contribution in [0, 0.1) is 5.92 Å². The Balaban J connectivity index is 1.69. The van der Waals surface area contributed by atoms with Crippen molar-refractivity contribution in [2.24, 2.45) is 5.92 Å². The Morgan fingerprint density at radius 1 is 1.53 bits per heavy atom. The van der Waals surface area contributed by atoms with Crippen LogP contribution < -0.4 is 10.6 Å². The van der Waals surface area contributed by atoms with Crippen molar-refractivity contribution in [3.8, 4) is 0 Å². The zero-order valence-electron chi connectivity index (χ0n) is 10.6. The van der Waals surface area contributed by atoms with E-state index in [9.17, 15) is 4.79 Å². The summed E-state index contributed by atoms with van der Waals surface area (Å²) >= 11 is 0. The Morgan fingerprint density at radius 2 is 2.35 bits per heavy atom. The van der Waals surface area contributed by atoms with E-state index in [1.165, 1.54) is 0 Å². The van der Waals surface area contributed by atoms with Crippen molar-refractivity contribution in [1.82, 2.24) is 10.6 Å². The van der Waals surface area contributed by atoms with E-state index in [4.69, 9.17) is 9.47 Å². The maximum absolute atomic E-state index is 11.9. The van der Waals surface area contributed by atoms with Crippen LogP contribution in [0.5, 0.6) is 0 Å². The molecule has 98 valence electrons. The van der Waals surface area contributed by atoms with E-state index in [0.29, 0.717) is 13.2 Å². The lowest BCUT2D eigenvalue weighted by molar-refractivity contribution is -0.140. The van der Waals surface area contributed by atoms with Crippen molar-refractivity contribution in [3.05, 3.63) is 0 Å². The number of hydrogen-bond acceptors (Lipinski definition) is 4. The van der Waals surface area contributed by atoms with Crippen molar-refractivity contribution < 1.29 is 14.3 Å². The molecule has 0 aliphatic carbocycles. The van der Waals surface area contributed by atoms with Crippen LogP contribution in [0.3, 0.4) is 0 Å². The highest BCUT2D eigenvalue weighted by Gasteiger charge is 2.33. The summed E-state index contributed by atoms with van der Waals surface area (Å²) in [6, 6.07) is 0. The van der Waals surface area contributed by atoms with Crippen LogP contribution in [0.4, 0.5) is 0 Å². The van der Waals surface area contributed by atoms with Gasteiger partial charge in [0.1, 0.15) is 6.10 Å². The first-order valence-electron chi connectivity index (χ1n) is 6.37. The minimum atomic E-state index is -0.512. The third-order valence-corrected chi connectivity index (χ3v) is 3.24. The summed E-state index contributed by atoms with van der Waals surface area (Å²) in [5.41, 5.74) is 0. The molecule has 2 aliphatic heterocycles. The highest BCUT2D eigenvalue weighted by Crippen LogP contribution is 2.21. The second kappa shape index (κ2) is 5.33. The van der Waals surface area contributed by atoms with Gasteiger partial charge in [-0.3, -0.25) is 4.79 Å². The van der Waals surface area contributed by atoms with Gasteiger partial charge >= 0.3 is 0 Å². The summed E-state index contributed by atoms with van der Waals surface area (Å²) in [6.45, 7) is 6.69. The average molecular weight is 242 g/mol. The number of rotatable bonds is 3. The molecule has 0 saturated carbocycles. The van der Waals surface area contributed by atoms with Crippen molar-refractivity contribution in [2.75, 3.05) is 26.2 Å². The molecule has 5 heteroatoms. The number of ether oxygens (including phenoxy) is 2. The van der Waals surface area contributed by atoms with Crippen LogP contribution in [-0.2, 0) is 14.3 Å². The number of hydrogen-bond donors (Lipinski definition) is 2. The average Bonchev–Trinajstić information content (AvgIpc) is 2.67. The van der Waals surface area contributed by atoms with Crippen molar-refractivity contribution in [2.45, 2.75) is 38.6 Å². The summed E-state index contributed by atoms with van der Waals surface area (Å²) in [5.74, 6) is -0.272. The zero-order chi connectivity index (χ0) is 12.3. The van der Waals surface area contributed by atoms with Gasteiger partial charge in [-0.1, -0.05) is 0 Å². The molecule has 0 bridgehead atoms. The summed E-state index contributed by atoms with van der Waals surface area (Å²) in [7, 11) is 0. The standard InChI is InChI=1S/C12H22N2O3/c1-12(2)16-8-10(17-12)7-14-11(15)9-4-3-5-13-6-9/h9-10,13H,3-8H2,1-2H3,(H,14,15)/t9-,10?/m0/s1. The van der Waals surface area contributed by atoms with Gasteiger partial charge in [-0.15, -0.1) is 0 Å². The molecule has 0 aromatic heterocycles. The molecule has 0 aromatic carbocycles. The highest BCUT2D eigenvalue weighted by atomic mass is 16.7. The molecule has 2 aliphatic rings. The van der Waals surface area contributed by atoms with Crippen LogP contribution in [0.15, 0.2) is 0 Å². The molecule has 0 aromatic rings. The Hall–Kier alpha value is -0.650. The lowest BCUT2D eigenvalue weighted by Gasteiger charge is -2.23. The van der Waals surface area contributed by atoms with Gasteiger partial charge in [0.25, 0.3) is 0 Å². The quantitative estimate of drug-likeness (QED) is 0.745. The van der Waals surface area contributed by atoms with Gasteiger partial charge in [-0.2, -0.15) is 0 Å². The van der Waals surface area contributed by atoms with Gasteiger partial charge in [0.05, 0.1) is 12.5 Å². The molecule has 17 heavy (non-hydrogen) atoms. The SMILES string of the molecule is CC1(C)OCC(CNC(=O)[C@H]2CCCNC2)O1. The molecular formula is C12H22N2O3. The number of amides is 1. The Kier molecular flexibility index (Phi) is 4.01. The molecule has 2 atom stereocenters. The van der Waals surface area contributed by atoms with Crippen LogP contribution >= 0.6 is 0 Å². The maximum atomic E-state index is 11.9. The molecular weight excluding hydrogens is 220 g/mol. The van der Waals surface area contributed by atoms with Gasteiger partial charge < -0.3 is 20.1 Å². The van der Waals surface area contributed by atoms with Crippen LogP contribution in [0.2, 0.25) is 0 Å². The predicted octanol–water partition coefficient (Wildman–Crippen LogP) is 0.254. The molecule has 2 fully saturated rings. The van der Waals surface area contributed by atoms with E-state index in [1.807, 2.05) is 13.8 Å². The Morgan fingerprint density at radius 3 is 2.94 bits per heavy atom. The van der Waals surface area contributed by atoms with E-state index in [-0.39, 0.29) is 17.9 Å². The monoisotopic (exact) mass is 242 g/mol. The summed E-state index contributed by atoms with van der Waals surface area (Å²) < 4.78 is 11.1. The summed E-state index contributed by atoms with van der Waals surface area (Å²) in [5, 5.41) is 6.19. The van der Waals surface area contributed by atoms with Gasteiger partial charge in [0, 0.05) is 13.1 Å². The van der Waals surface area contributed by atoms with E-state index >= 15 is 0 Å². The third kappa shape index (κ3) is 3.66. The largest absolute Gasteiger partial charge is 0.353 e. The van der Waals surface area contributed by atoms with Crippen LogP contribution in [0.25, 0.3) is 0 Å². The molecule has 0 radical (unpaired) electrons. The first kappa shape index (κ1) is 12.8. The fourth-order valence-corrected chi connectivity index (χ4v) is 2.30.